The van der Waals surface area contributed by atoms with E-state index in [1.165, 1.54) is 0 Å². The molecule has 1 amide bonds. The van der Waals surface area contributed by atoms with E-state index in [0.29, 0.717) is 73.0 Å². The fourth-order valence-corrected chi connectivity index (χ4v) is 13.2. The molecule has 3 saturated heterocycles. The highest BCUT2D eigenvalue weighted by Gasteiger charge is 2.46. The number of ether oxygens (including phenoxy) is 3. The summed E-state index contributed by atoms with van der Waals surface area (Å²) in [7, 11) is -2.17. The predicted molar refractivity (Wildman–Crippen MR) is 190 cm³/mol. The minimum Gasteiger partial charge on any atom is -0.462 e. The molecule has 0 aliphatic carbocycles. The predicted octanol–water partition coefficient (Wildman–Crippen LogP) is 6.69. The molecule has 13 heteroatoms. The van der Waals surface area contributed by atoms with Gasteiger partial charge in [-0.2, -0.15) is 9.97 Å². The minimum absolute atomic E-state index is 0.0403. The van der Waals surface area contributed by atoms with Gasteiger partial charge in [0.2, 0.25) is 0 Å². The van der Waals surface area contributed by atoms with Crippen molar-refractivity contribution in [2.24, 2.45) is 0 Å². The number of carbonyl (C=O) groups is 1. The average Bonchev–Trinajstić information content (AvgIpc) is 3.28. The molecule has 3 fully saturated rings. The number of amides is 1. The first kappa shape index (κ1) is 36.6. The molecule has 0 aromatic carbocycles. The number of carbonyl (C=O) groups excluding carboxylic acids is 1. The third kappa shape index (κ3) is 7.54. The monoisotopic (exact) mass is 702 g/mol. The van der Waals surface area contributed by atoms with E-state index in [2.05, 4.69) is 72.8 Å². The van der Waals surface area contributed by atoms with Gasteiger partial charge in [-0.25, -0.2) is 14.2 Å². The van der Waals surface area contributed by atoms with Crippen LogP contribution in [0.3, 0.4) is 0 Å². The molecule has 264 valence electrons. The Kier molecular flexibility index (Phi) is 11.1. The molecule has 0 spiro atoms. The van der Waals surface area contributed by atoms with Crippen LogP contribution in [0, 0.1) is 17.3 Å². The number of nitrogens with zero attached hydrogens (tertiary/aromatic N) is 6. The normalized spacial score (nSPS) is 20.5. The zero-order valence-electron chi connectivity index (χ0n) is 30.0. The molecule has 3 aliphatic heterocycles. The Hall–Kier alpha value is -2.72. The van der Waals surface area contributed by atoms with Crippen LogP contribution in [0.15, 0.2) is 0 Å². The number of aromatic nitrogens is 3. The quantitative estimate of drug-likeness (QED) is 0.170. The summed E-state index contributed by atoms with van der Waals surface area (Å²) < 4.78 is 33.3. The molecule has 2 bridgehead atoms. The first-order valence-corrected chi connectivity index (χ1v) is 20.0. The molecule has 0 saturated carbocycles. The van der Waals surface area contributed by atoms with E-state index in [1.54, 1.807) is 0 Å². The Labute approximate surface area is 291 Å². The fourth-order valence-electron chi connectivity index (χ4n) is 7.87. The third-order valence-electron chi connectivity index (χ3n) is 10.1. The second kappa shape index (κ2) is 14.6. The largest absolute Gasteiger partial charge is 0.462 e. The number of fused-ring (bicyclic) bond motifs is 3. The highest BCUT2D eigenvalue weighted by atomic mass is 35.5. The van der Waals surface area contributed by atoms with Crippen molar-refractivity contribution < 1.29 is 23.4 Å². The second-order valence-corrected chi connectivity index (χ2v) is 21.2. The van der Waals surface area contributed by atoms with Crippen LogP contribution < -0.4 is 9.64 Å². The van der Waals surface area contributed by atoms with E-state index < -0.39 is 19.5 Å². The number of pyridine rings is 1. The smallest absolute Gasteiger partial charge is 0.410 e. The van der Waals surface area contributed by atoms with Crippen LogP contribution in [0.5, 0.6) is 6.01 Å². The Balaban J connectivity index is 1.59. The number of rotatable bonds is 8. The maximum Gasteiger partial charge on any atom is 0.410 e. The van der Waals surface area contributed by atoms with Gasteiger partial charge < -0.3 is 19.1 Å². The molecule has 10 nitrogen and oxygen atoms in total. The number of hydrogen-bond acceptors (Lipinski definition) is 9. The number of piperazine rings is 1. The second-order valence-electron chi connectivity index (χ2n) is 15.2. The van der Waals surface area contributed by atoms with E-state index >= 15 is 4.39 Å². The van der Waals surface area contributed by atoms with Gasteiger partial charge in [-0.05, 0) is 50.2 Å². The van der Waals surface area contributed by atoms with Crippen LogP contribution in [0.25, 0.3) is 10.9 Å². The molecule has 2 atom stereocenters. The van der Waals surface area contributed by atoms with Crippen LogP contribution in [-0.4, -0.2) is 109 Å². The molecule has 3 aliphatic rings. The number of morpholine rings is 1. The lowest BCUT2D eigenvalue weighted by Crippen LogP contribution is -2.57. The van der Waals surface area contributed by atoms with Crippen LogP contribution in [0.4, 0.5) is 15.0 Å². The summed E-state index contributed by atoms with van der Waals surface area (Å²) in [4.78, 5) is 33.5. The first-order valence-electron chi connectivity index (χ1n) is 17.4. The van der Waals surface area contributed by atoms with Crippen molar-refractivity contribution in [1.29, 1.82) is 0 Å². The molecule has 5 heterocycles. The van der Waals surface area contributed by atoms with Gasteiger partial charge in [0.25, 0.3) is 0 Å². The summed E-state index contributed by atoms with van der Waals surface area (Å²) in [6.07, 6.45) is 1.36. The van der Waals surface area contributed by atoms with Gasteiger partial charge in [-0.3, -0.25) is 9.80 Å². The zero-order chi connectivity index (χ0) is 35.0. The van der Waals surface area contributed by atoms with Crippen LogP contribution >= 0.6 is 11.6 Å². The first-order chi connectivity index (χ1) is 22.6. The standard InChI is InChI=1S/C35H52ClFN6O4Si/c1-22(2)48(23(3)4,24(5)6)19-12-27-28-30(29(37)31(36)38-27)39-33(46-18-15-41-13-16-45-17-14-41)40-32(28)42-20-25-10-11-26(21-42)43(25)34(44)47-35(7,8)9/h22-26H,10-11,13-18,20-21H2,1-9H3. The Morgan fingerprint density at radius 2 is 1.62 bits per heavy atom. The Morgan fingerprint density at radius 3 is 2.19 bits per heavy atom. The van der Waals surface area contributed by atoms with Gasteiger partial charge in [0.1, 0.15) is 37.3 Å². The van der Waals surface area contributed by atoms with E-state index in [9.17, 15) is 4.79 Å². The highest BCUT2D eigenvalue weighted by molar-refractivity contribution is 6.90. The Bertz CT molecular complexity index is 1520. The molecular formula is C35H52ClFN6O4Si. The van der Waals surface area contributed by atoms with Gasteiger partial charge in [0.15, 0.2) is 11.0 Å². The summed E-state index contributed by atoms with van der Waals surface area (Å²) in [6, 6.07) is -0.100. The molecule has 2 aromatic rings. The van der Waals surface area contributed by atoms with Crippen LogP contribution in [-0.2, 0) is 9.47 Å². The van der Waals surface area contributed by atoms with E-state index in [-0.39, 0.29) is 34.9 Å². The SMILES string of the molecule is CC(C)[Si](C#Cc1nc(Cl)c(F)c2nc(OCCN3CCOCC3)nc(N3CC4CCC(C3)N4C(=O)OC(C)(C)C)c12)(C(C)C)C(C)C. The molecule has 2 unspecified atom stereocenters. The maximum absolute atomic E-state index is 16.0. The molecule has 5 rings (SSSR count). The summed E-state index contributed by atoms with van der Waals surface area (Å²) in [6.45, 7) is 24.1. The topological polar surface area (TPSA) is 93.2 Å². The van der Waals surface area contributed by atoms with Crippen molar-refractivity contribution in [1.82, 2.24) is 24.8 Å². The van der Waals surface area contributed by atoms with Crippen molar-refractivity contribution in [3.05, 3.63) is 16.7 Å². The lowest BCUT2D eigenvalue weighted by molar-refractivity contribution is 0.0122. The third-order valence-corrected chi connectivity index (χ3v) is 16.6. The zero-order valence-corrected chi connectivity index (χ0v) is 31.8. The van der Waals surface area contributed by atoms with Crippen molar-refractivity contribution >= 4 is 42.5 Å². The van der Waals surface area contributed by atoms with Crippen molar-refractivity contribution in [2.75, 3.05) is 57.4 Å². The Morgan fingerprint density at radius 1 is 1.02 bits per heavy atom. The fraction of sp³-hybridized carbons (Fsp3) is 0.714. The van der Waals surface area contributed by atoms with Crippen molar-refractivity contribution in [2.45, 2.75) is 109 Å². The number of hydrogen-bond donors (Lipinski definition) is 0. The van der Waals surface area contributed by atoms with E-state index in [1.807, 2.05) is 25.7 Å². The molecule has 2 aromatic heterocycles. The average molecular weight is 703 g/mol. The lowest BCUT2D eigenvalue weighted by Gasteiger charge is -2.42. The molecule has 0 N–H and O–H groups in total. The van der Waals surface area contributed by atoms with Gasteiger partial charge in [0.05, 0.1) is 30.7 Å². The van der Waals surface area contributed by atoms with Gasteiger partial charge in [0, 0.05) is 32.7 Å². The van der Waals surface area contributed by atoms with Gasteiger partial charge in [-0.1, -0.05) is 59.1 Å². The summed E-state index contributed by atoms with van der Waals surface area (Å²) in [5, 5.41) is 0.144. The van der Waals surface area contributed by atoms with Crippen molar-refractivity contribution in [3.8, 4) is 17.5 Å². The number of anilines is 1. The summed E-state index contributed by atoms with van der Waals surface area (Å²) >= 11 is 6.46. The minimum atomic E-state index is -2.17. The molecule has 48 heavy (non-hydrogen) atoms. The number of halogens is 2. The van der Waals surface area contributed by atoms with E-state index in [4.69, 9.17) is 30.8 Å². The summed E-state index contributed by atoms with van der Waals surface area (Å²) in [5.74, 6) is 3.19. The highest BCUT2D eigenvalue weighted by Crippen LogP contribution is 2.42. The molecular weight excluding hydrogens is 651 g/mol. The van der Waals surface area contributed by atoms with Gasteiger partial charge >= 0.3 is 12.1 Å². The maximum atomic E-state index is 16.0. The van der Waals surface area contributed by atoms with Crippen molar-refractivity contribution in [3.63, 3.8) is 0 Å². The lowest BCUT2D eigenvalue weighted by atomic mass is 10.1. The van der Waals surface area contributed by atoms with E-state index in [0.717, 1.165) is 25.9 Å². The summed E-state index contributed by atoms with van der Waals surface area (Å²) in [5.41, 5.74) is 4.72. The van der Waals surface area contributed by atoms with Crippen LogP contribution in [0.2, 0.25) is 21.8 Å². The van der Waals surface area contributed by atoms with Gasteiger partial charge in [-0.15, -0.1) is 5.54 Å². The van der Waals surface area contributed by atoms with Crippen LogP contribution in [0.1, 0.15) is 80.8 Å². The molecule has 0 radical (unpaired) electrons.